The summed E-state index contributed by atoms with van der Waals surface area (Å²) < 4.78 is 0. The first-order valence-corrected chi connectivity index (χ1v) is 11.9. The standard InChI is InChI=1S/C22H42N6O5/c1-14(2)18(25)21(31)28-13-7-10-17(28)20(30)26-15(8-3-5-11-23)19(29)27-16(22(32)33)9-4-6-12-24/h14-18H,3-13,23-25H2,1-2H3,(H,26,30)(H,27,29)(H,32,33). The number of hydrogen-bond acceptors (Lipinski definition) is 7. The second kappa shape index (κ2) is 14.8. The van der Waals surface area contributed by atoms with Crippen molar-refractivity contribution in [1.82, 2.24) is 15.5 Å². The summed E-state index contributed by atoms with van der Waals surface area (Å²) in [7, 11) is 0. The van der Waals surface area contributed by atoms with Crippen LogP contribution in [0.25, 0.3) is 0 Å². The third kappa shape index (κ3) is 9.26. The second-order valence-corrected chi connectivity index (χ2v) is 8.99. The molecular weight excluding hydrogens is 428 g/mol. The first-order chi connectivity index (χ1) is 15.6. The van der Waals surface area contributed by atoms with Crippen molar-refractivity contribution in [3.05, 3.63) is 0 Å². The van der Waals surface area contributed by atoms with E-state index in [0.717, 1.165) is 0 Å². The smallest absolute Gasteiger partial charge is 0.326 e. The zero-order chi connectivity index (χ0) is 25.0. The minimum absolute atomic E-state index is 0.0659. The maximum absolute atomic E-state index is 13.1. The van der Waals surface area contributed by atoms with Gasteiger partial charge in [0.2, 0.25) is 17.7 Å². The van der Waals surface area contributed by atoms with Crippen molar-refractivity contribution in [2.75, 3.05) is 19.6 Å². The molecule has 0 saturated carbocycles. The van der Waals surface area contributed by atoms with E-state index in [-0.39, 0.29) is 18.2 Å². The molecule has 0 aromatic carbocycles. The lowest BCUT2D eigenvalue weighted by Gasteiger charge is -2.29. The van der Waals surface area contributed by atoms with Gasteiger partial charge in [-0.25, -0.2) is 4.79 Å². The van der Waals surface area contributed by atoms with Crippen molar-refractivity contribution in [3.63, 3.8) is 0 Å². The summed E-state index contributed by atoms with van der Waals surface area (Å²) in [5, 5.41) is 14.7. The van der Waals surface area contributed by atoms with Gasteiger partial charge in [-0.05, 0) is 70.4 Å². The molecule has 4 atom stereocenters. The highest BCUT2D eigenvalue weighted by Crippen LogP contribution is 2.20. The lowest BCUT2D eigenvalue weighted by molar-refractivity contribution is -0.143. The minimum atomic E-state index is -1.14. The second-order valence-electron chi connectivity index (χ2n) is 8.99. The first kappa shape index (κ1) is 28.8. The molecule has 0 aliphatic carbocycles. The van der Waals surface area contributed by atoms with Crippen LogP contribution in [0, 0.1) is 5.92 Å². The van der Waals surface area contributed by atoms with E-state index in [0.29, 0.717) is 64.6 Å². The van der Waals surface area contributed by atoms with Crippen LogP contribution in [0.3, 0.4) is 0 Å². The topological polar surface area (TPSA) is 194 Å². The van der Waals surface area contributed by atoms with Crippen LogP contribution >= 0.6 is 0 Å². The number of carbonyl (C=O) groups excluding carboxylic acids is 3. The number of aliphatic carboxylic acids is 1. The maximum Gasteiger partial charge on any atom is 0.326 e. The number of likely N-dealkylation sites (tertiary alicyclic amines) is 1. The van der Waals surface area contributed by atoms with E-state index in [4.69, 9.17) is 17.2 Å². The molecule has 0 radical (unpaired) electrons. The minimum Gasteiger partial charge on any atom is -0.480 e. The van der Waals surface area contributed by atoms with Crippen molar-refractivity contribution >= 4 is 23.7 Å². The van der Waals surface area contributed by atoms with Crippen LogP contribution in [0.4, 0.5) is 0 Å². The van der Waals surface area contributed by atoms with Crippen LogP contribution < -0.4 is 27.8 Å². The highest BCUT2D eigenvalue weighted by atomic mass is 16.4. The van der Waals surface area contributed by atoms with Crippen molar-refractivity contribution in [3.8, 4) is 0 Å². The Bertz CT molecular complexity index is 659. The summed E-state index contributed by atoms with van der Waals surface area (Å²) in [6.45, 7) is 5.01. The Balaban J connectivity index is 2.88. The summed E-state index contributed by atoms with van der Waals surface area (Å²) in [6, 6.07) is -3.39. The molecule has 190 valence electrons. The Labute approximate surface area is 196 Å². The quantitative estimate of drug-likeness (QED) is 0.169. The molecule has 1 saturated heterocycles. The van der Waals surface area contributed by atoms with E-state index in [9.17, 15) is 24.3 Å². The fraction of sp³-hybridized carbons (Fsp3) is 0.818. The summed E-state index contributed by atoms with van der Waals surface area (Å²) in [5.74, 6) is -2.47. The van der Waals surface area contributed by atoms with Crippen LogP contribution in [-0.2, 0) is 19.2 Å². The molecule has 0 bridgehead atoms. The maximum atomic E-state index is 13.1. The third-order valence-corrected chi connectivity index (χ3v) is 5.98. The normalized spacial score (nSPS) is 18.6. The Morgan fingerprint density at radius 1 is 0.970 bits per heavy atom. The number of carbonyl (C=O) groups is 4. The number of hydrogen-bond donors (Lipinski definition) is 6. The summed E-state index contributed by atoms with van der Waals surface area (Å²) in [5.41, 5.74) is 17.0. The molecule has 1 heterocycles. The van der Waals surface area contributed by atoms with Gasteiger partial charge in [0.15, 0.2) is 0 Å². The SMILES string of the molecule is CC(C)C(N)C(=O)N1CCCC1C(=O)NC(CCCCN)C(=O)NC(CCCCN)C(=O)O. The lowest BCUT2D eigenvalue weighted by Crippen LogP contribution is -2.57. The molecule has 33 heavy (non-hydrogen) atoms. The van der Waals surface area contributed by atoms with E-state index < -0.39 is 42.0 Å². The number of nitrogens with one attached hydrogen (secondary N) is 2. The van der Waals surface area contributed by atoms with E-state index >= 15 is 0 Å². The zero-order valence-corrected chi connectivity index (χ0v) is 19.9. The van der Waals surface area contributed by atoms with Gasteiger partial charge < -0.3 is 37.8 Å². The van der Waals surface area contributed by atoms with E-state index in [2.05, 4.69) is 10.6 Å². The Hall–Kier alpha value is -2.24. The van der Waals surface area contributed by atoms with Gasteiger partial charge >= 0.3 is 5.97 Å². The van der Waals surface area contributed by atoms with Gasteiger partial charge in [-0.2, -0.15) is 0 Å². The van der Waals surface area contributed by atoms with Gasteiger partial charge in [-0.15, -0.1) is 0 Å². The van der Waals surface area contributed by atoms with Crippen LogP contribution in [0.2, 0.25) is 0 Å². The van der Waals surface area contributed by atoms with Gasteiger partial charge in [0.05, 0.1) is 6.04 Å². The highest BCUT2D eigenvalue weighted by molar-refractivity contribution is 5.94. The fourth-order valence-electron chi connectivity index (χ4n) is 3.83. The largest absolute Gasteiger partial charge is 0.480 e. The van der Waals surface area contributed by atoms with Gasteiger partial charge in [0.1, 0.15) is 18.1 Å². The molecule has 1 fully saturated rings. The van der Waals surface area contributed by atoms with Crippen LogP contribution in [0.5, 0.6) is 0 Å². The molecule has 9 N–H and O–H groups in total. The molecule has 0 aromatic rings. The average molecular weight is 471 g/mol. The summed E-state index contributed by atoms with van der Waals surface area (Å²) in [6.07, 6.45) is 4.18. The molecule has 11 nitrogen and oxygen atoms in total. The molecule has 3 amide bonds. The van der Waals surface area contributed by atoms with E-state index in [1.165, 1.54) is 4.90 Å². The predicted octanol–water partition coefficient (Wildman–Crippen LogP) is -0.727. The van der Waals surface area contributed by atoms with E-state index in [1.54, 1.807) is 0 Å². The number of carboxylic acids is 1. The fourth-order valence-corrected chi connectivity index (χ4v) is 3.83. The van der Waals surface area contributed by atoms with Gasteiger partial charge in [0.25, 0.3) is 0 Å². The highest BCUT2D eigenvalue weighted by Gasteiger charge is 2.38. The summed E-state index contributed by atoms with van der Waals surface area (Å²) in [4.78, 5) is 51.7. The first-order valence-electron chi connectivity index (χ1n) is 11.9. The number of nitrogens with two attached hydrogens (primary N) is 3. The zero-order valence-electron chi connectivity index (χ0n) is 19.9. The van der Waals surface area contributed by atoms with Gasteiger partial charge in [0, 0.05) is 6.54 Å². The van der Waals surface area contributed by atoms with Crippen molar-refractivity contribution < 1.29 is 24.3 Å². The third-order valence-electron chi connectivity index (χ3n) is 5.98. The number of carboxylic acid groups (broad SMARTS) is 1. The number of nitrogens with zero attached hydrogens (tertiary/aromatic N) is 1. The van der Waals surface area contributed by atoms with Crippen molar-refractivity contribution in [2.24, 2.45) is 23.1 Å². The van der Waals surface area contributed by atoms with Crippen molar-refractivity contribution in [1.29, 1.82) is 0 Å². The molecule has 0 spiro atoms. The molecule has 1 aliphatic rings. The average Bonchev–Trinajstić information content (AvgIpc) is 3.26. The van der Waals surface area contributed by atoms with Gasteiger partial charge in [-0.1, -0.05) is 13.8 Å². The van der Waals surface area contributed by atoms with Crippen molar-refractivity contribution in [2.45, 2.75) is 89.4 Å². The van der Waals surface area contributed by atoms with Crippen LogP contribution in [0.1, 0.15) is 65.2 Å². The Morgan fingerprint density at radius 3 is 2.06 bits per heavy atom. The van der Waals surface area contributed by atoms with Gasteiger partial charge in [-0.3, -0.25) is 14.4 Å². The number of unbranched alkanes of at least 4 members (excludes halogenated alkanes) is 2. The number of rotatable bonds is 15. The number of amides is 3. The lowest BCUT2D eigenvalue weighted by atomic mass is 10.0. The van der Waals surface area contributed by atoms with Crippen LogP contribution in [0.15, 0.2) is 0 Å². The molecule has 0 aromatic heterocycles. The molecule has 4 unspecified atom stereocenters. The molecule has 11 heteroatoms. The summed E-state index contributed by atoms with van der Waals surface area (Å²) >= 11 is 0. The Kier molecular flexibility index (Phi) is 12.9. The molecular formula is C22H42N6O5. The van der Waals surface area contributed by atoms with Crippen LogP contribution in [-0.4, -0.2) is 77.5 Å². The predicted molar refractivity (Wildman–Crippen MR) is 125 cm³/mol. The Morgan fingerprint density at radius 2 is 1.55 bits per heavy atom. The monoisotopic (exact) mass is 470 g/mol. The van der Waals surface area contributed by atoms with E-state index in [1.807, 2.05) is 13.8 Å². The molecule has 1 aliphatic heterocycles. The molecule has 1 rings (SSSR count).